The average molecular weight is 528 g/mol. The predicted molar refractivity (Wildman–Crippen MR) is 135 cm³/mol. The average Bonchev–Trinajstić information content (AvgIpc) is 2.83. The van der Waals surface area contributed by atoms with Crippen molar-refractivity contribution in [2.24, 2.45) is 5.10 Å². The van der Waals surface area contributed by atoms with E-state index in [0.29, 0.717) is 46.6 Å². The number of carbonyl (C=O) groups is 1. The van der Waals surface area contributed by atoms with Crippen LogP contribution in [0.2, 0.25) is 0 Å². The maximum Gasteiger partial charge on any atom is 0.343 e. The quantitative estimate of drug-likeness (QED) is 0.222. The molecule has 0 fully saturated rings. The van der Waals surface area contributed by atoms with Crippen molar-refractivity contribution in [3.8, 4) is 11.5 Å². The maximum atomic E-state index is 13.2. The summed E-state index contributed by atoms with van der Waals surface area (Å²) >= 11 is 3.41. The molecule has 8 nitrogen and oxygen atoms in total. The Morgan fingerprint density at radius 3 is 2.74 bits per heavy atom. The van der Waals surface area contributed by atoms with Crippen LogP contribution in [0.4, 0.5) is 0 Å². The van der Waals surface area contributed by atoms with Gasteiger partial charge in [0.15, 0.2) is 18.1 Å². The van der Waals surface area contributed by atoms with Gasteiger partial charge in [-0.25, -0.2) is 9.78 Å². The van der Waals surface area contributed by atoms with E-state index in [2.05, 4.69) is 37.3 Å². The second-order valence-corrected chi connectivity index (χ2v) is 8.29. The molecular weight excluding hydrogens is 502 g/mol. The third-order valence-electron chi connectivity index (χ3n) is 4.97. The molecular formula is C25H26BrN3O5. The first-order valence-corrected chi connectivity index (χ1v) is 11.5. The molecule has 3 aromatic rings. The smallest absolute Gasteiger partial charge is 0.343 e. The summed E-state index contributed by atoms with van der Waals surface area (Å²) in [6.07, 6.45) is 5.18. The van der Waals surface area contributed by atoms with Crippen molar-refractivity contribution in [1.82, 2.24) is 9.66 Å². The fraction of sp³-hybridized carbons (Fsp3) is 0.280. The zero-order chi connectivity index (χ0) is 24.7. The van der Waals surface area contributed by atoms with Crippen LogP contribution in [0.1, 0.15) is 30.3 Å². The summed E-state index contributed by atoms with van der Waals surface area (Å²) in [4.78, 5) is 29.4. The van der Waals surface area contributed by atoms with Crippen molar-refractivity contribution in [2.75, 3.05) is 20.8 Å². The Balaban J connectivity index is 2.07. The van der Waals surface area contributed by atoms with Crippen LogP contribution in [0.25, 0.3) is 10.9 Å². The number of hydrogen-bond donors (Lipinski definition) is 0. The lowest BCUT2D eigenvalue weighted by Crippen LogP contribution is -2.22. The number of carbonyl (C=O) groups excluding carboxylic acids is 1. The van der Waals surface area contributed by atoms with Gasteiger partial charge >= 0.3 is 5.97 Å². The Kier molecular flexibility index (Phi) is 8.59. The van der Waals surface area contributed by atoms with Crippen LogP contribution in [0, 0.1) is 0 Å². The number of hydrogen-bond acceptors (Lipinski definition) is 7. The van der Waals surface area contributed by atoms with E-state index in [-0.39, 0.29) is 12.2 Å². The fourth-order valence-corrected chi connectivity index (χ4v) is 3.76. The number of rotatable bonds is 10. The van der Waals surface area contributed by atoms with E-state index in [0.717, 1.165) is 16.5 Å². The van der Waals surface area contributed by atoms with E-state index in [1.165, 1.54) is 18.9 Å². The molecule has 0 atom stereocenters. The van der Waals surface area contributed by atoms with Crippen molar-refractivity contribution in [3.05, 3.63) is 74.8 Å². The van der Waals surface area contributed by atoms with Gasteiger partial charge in [0.2, 0.25) is 0 Å². The molecule has 0 saturated carbocycles. The molecule has 3 rings (SSSR count). The number of methoxy groups -OCH3 is 2. The van der Waals surface area contributed by atoms with Gasteiger partial charge in [0.1, 0.15) is 5.82 Å². The van der Waals surface area contributed by atoms with Crippen LogP contribution in [-0.2, 0) is 22.4 Å². The number of fused-ring (bicyclic) bond motifs is 1. The molecule has 0 aliphatic carbocycles. The summed E-state index contributed by atoms with van der Waals surface area (Å²) in [7, 11) is 2.80. The van der Waals surface area contributed by atoms with Crippen molar-refractivity contribution in [2.45, 2.75) is 26.2 Å². The number of aryl methyl sites for hydroxylation is 1. The minimum absolute atomic E-state index is 0.248. The lowest BCUT2D eigenvalue weighted by Gasteiger charge is -2.15. The van der Waals surface area contributed by atoms with Crippen molar-refractivity contribution in [3.63, 3.8) is 0 Å². The van der Waals surface area contributed by atoms with Crippen LogP contribution in [0.15, 0.2) is 57.4 Å². The Labute approximate surface area is 206 Å². The van der Waals surface area contributed by atoms with Crippen LogP contribution < -0.4 is 15.0 Å². The van der Waals surface area contributed by atoms with E-state index in [4.69, 9.17) is 9.47 Å². The van der Waals surface area contributed by atoms with Gasteiger partial charge in [0.25, 0.3) is 5.56 Å². The zero-order valence-corrected chi connectivity index (χ0v) is 20.9. The number of allylic oxidation sites excluding steroid dienone is 1. The van der Waals surface area contributed by atoms with Gasteiger partial charge in [0.05, 0.1) is 31.3 Å². The first-order chi connectivity index (χ1) is 16.4. The van der Waals surface area contributed by atoms with E-state index < -0.39 is 5.97 Å². The number of benzene rings is 2. The lowest BCUT2D eigenvalue weighted by molar-refractivity contribution is -0.142. The number of nitrogens with zero attached hydrogens (tertiary/aromatic N) is 3. The fourth-order valence-electron chi connectivity index (χ4n) is 3.39. The summed E-state index contributed by atoms with van der Waals surface area (Å²) in [6.45, 7) is 5.56. The molecule has 34 heavy (non-hydrogen) atoms. The Morgan fingerprint density at radius 1 is 1.26 bits per heavy atom. The maximum absolute atomic E-state index is 13.2. The minimum Gasteiger partial charge on any atom is -0.493 e. The summed E-state index contributed by atoms with van der Waals surface area (Å²) in [5, 5.41) is 4.95. The molecule has 1 heterocycles. The minimum atomic E-state index is -0.504. The molecule has 1 aromatic heterocycles. The second kappa shape index (κ2) is 11.6. The highest BCUT2D eigenvalue weighted by Gasteiger charge is 2.15. The van der Waals surface area contributed by atoms with Crippen LogP contribution in [-0.4, -0.2) is 42.7 Å². The molecule has 0 aliphatic heterocycles. The number of aromatic nitrogens is 2. The van der Waals surface area contributed by atoms with Gasteiger partial charge in [-0.15, -0.1) is 6.58 Å². The van der Waals surface area contributed by atoms with Crippen LogP contribution >= 0.6 is 15.9 Å². The van der Waals surface area contributed by atoms with E-state index in [1.807, 2.05) is 25.1 Å². The molecule has 0 bridgehead atoms. The predicted octanol–water partition coefficient (Wildman–Crippen LogP) is 4.28. The Bertz CT molecular complexity index is 1300. The molecule has 2 aromatic carbocycles. The monoisotopic (exact) mass is 527 g/mol. The first-order valence-electron chi connectivity index (χ1n) is 10.7. The highest BCUT2D eigenvalue weighted by molar-refractivity contribution is 9.10. The van der Waals surface area contributed by atoms with Crippen molar-refractivity contribution >= 4 is 39.0 Å². The van der Waals surface area contributed by atoms with Crippen molar-refractivity contribution < 1.29 is 19.0 Å². The van der Waals surface area contributed by atoms with E-state index in [1.54, 1.807) is 24.4 Å². The molecule has 0 spiro atoms. The van der Waals surface area contributed by atoms with Crippen LogP contribution in [0.3, 0.4) is 0 Å². The summed E-state index contributed by atoms with van der Waals surface area (Å²) in [5.41, 5.74) is 1.82. The SMILES string of the molecule is C=CCc1cc(C=Nn2c(CCC)nc3ccc(Br)cc3c2=O)cc(OC)c1OCC(=O)OC. The Hall–Kier alpha value is -3.46. The highest BCUT2D eigenvalue weighted by Crippen LogP contribution is 2.33. The number of esters is 1. The summed E-state index contributed by atoms with van der Waals surface area (Å²) < 4.78 is 17.9. The molecule has 9 heteroatoms. The second-order valence-electron chi connectivity index (χ2n) is 7.37. The topological polar surface area (TPSA) is 92.0 Å². The van der Waals surface area contributed by atoms with Gasteiger partial charge in [-0.2, -0.15) is 9.78 Å². The molecule has 0 unspecified atom stereocenters. The number of halogens is 1. The molecule has 0 radical (unpaired) electrons. The molecule has 0 amide bonds. The van der Waals surface area contributed by atoms with Gasteiger partial charge < -0.3 is 14.2 Å². The van der Waals surface area contributed by atoms with E-state index >= 15 is 0 Å². The zero-order valence-electron chi connectivity index (χ0n) is 19.3. The molecule has 0 aliphatic rings. The summed E-state index contributed by atoms with van der Waals surface area (Å²) in [6, 6.07) is 8.97. The lowest BCUT2D eigenvalue weighted by atomic mass is 10.1. The normalized spacial score (nSPS) is 11.1. The molecule has 0 N–H and O–H groups in total. The largest absolute Gasteiger partial charge is 0.493 e. The Morgan fingerprint density at radius 2 is 2.06 bits per heavy atom. The van der Waals surface area contributed by atoms with Gasteiger partial charge in [-0.1, -0.05) is 28.9 Å². The third-order valence-corrected chi connectivity index (χ3v) is 5.46. The van der Waals surface area contributed by atoms with Crippen molar-refractivity contribution in [1.29, 1.82) is 0 Å². The first kappa shape index (κ1) is 25.2. The van der Waals surface area contributed by atoms with E-state index in [9.17, 15) is 9.59 Å². The summed E-state index contributed by atoms with van der Waals surface area (Å²) in [5.74, 6) is 0.919. The van der Waals surface area contributed by atoms with Gasteiger partial charge in [0, 0.05) is 16.5 Å². The highest BCUT2D eigenvalue weighted by atomic mass is 79.9. The molecule has 178 valence electrons. The standard InChI is InChI=1S/C25H26BrN3O5/c1-5-7-17-11-16(12-21(32-3)24(17)34-15-23(30)33-4)14-27-29-22(8-6-2)28-20-10-9-18(26)13-19(20)25(29)31/h5,9-14H,1,6-8,15H2,2-4H3. The third kappa shape index (κ3) is 5.72. The number of ether oxygens (including phenoxy) is 3. The van der Waals surface area contributed by atoms with Crippen LogP contribution in [0.5, 0.6) is 11.5 Å². The van der Waals surface area contributed by atoms with Gasteiger partial charge in [-0.3, -0.25) is 4.79 Å². The van der Waals surface area contributed by atoms with Gasteiger partial charge in [-0.05, 0) is 48.7 Å². The molecule has 0 saturated heterocycles.